The third-order valence-electron chi connectivity index (χ3n) is 3.01. The molecule has 19 heavy (non-hydrogen) atoms. The van der Waals surface area contributed by atoms with Gasteiger partial charge in [0.25, 0.3) is 0 Å². The number of nitrogen functional groups attached to an aromatic ring is 1. The number of hydrogen-bond donors (Lipinski definition) is 2. The molecule has 3 N–H and O–H groups in total. The van der Waals surface area contributed by atoms with E-state index in [1.165, 1.54) is 6.07 Å². The zero-order chi connectivity index (χ0) is 14.0. The first-order chi connectivity index (χ1) is 8.99. The molecule has 0 aromatic heterocycles. The maximum atomic E-state index is 13.7. The van der Waals surface area contributed by atoms with Gasteiger partial charge in [-0.05, 0) is 43.2 Å². The third-order valence-corrected chi connectivity index (χ3v) is 3.37. The van der Waals surface area contributed by atoms with Crippen molar-refractivity contribution in [3.05, 3.63) is 57.9 Å². The Morgan fingerprint density at radius 3 is 2.63 bits per heavy atom. The quantitative estimate of drug-likeness (QED) is 0.822. The van der Waals surface area contributed by atoms with Crippen LogP contribution >= 0.6 is 11.6 Å². The minimum Gasteiger partial charge on any atom is -0.397 e. The maximum absolute atomic E-state index is 13.7. The first-order valence-corrected chi connectivity index (χ1v) is 6.40. The van der Waals surface area contributed by atoms with Crippen molar-refractivity contribution >= 4 is 23.0 Å². The fraction of sp³-hybridized carbons (Fsp3) is 0.200. The molecular weight excluding hydrogens is 263 g/mol. The van der Waals surface area contributed by atoms with Crippen LogP contribution in [0.1, 0.15) is 16.7 Å². The van der Waals surface area contributed by atoms with E-state index < -0.39 is 0 Å². The Morgan fingerprint density at radius 2 is 2.00 bits per heavy atom. The van der Waals surface area contributed by atoms with Crippen LogP contribution in [0.4, 0.5) is 15.8 Å². The minimum absolute atomic E-state index is 0.305. The summed E-state index contributed by atoms with van der Waals surface area (Å²) in [4.78, 5) is 0. The van der Waals surface area contributed by atoms with Gasteiger partial charge >= 0.3 is 0 Å². The van der Waals surface area contributed by atoms with Crippen molar-refractivity contribution in [2.75, 3.05) is 11.1 Å². The van der Waals surface area contributed by atoms with Gasteiger partial charge in [0.05, 0.1) is 11.4 Å². The van der Waals surface area contributed by atoms with Gasteiger partial charge in [0.2, 0.25) is 0 Å². The second kappa shape index (κ2) is 5.49. The summed E-state index contributed by atoms with van der Waals surface area (Å²) < 4.78 is 13.7. The number of nitrogens with two attached hydrogens (primary N) is 1. The molecule has 2 aromatic carbocycles. The summed E-state index contributed by atoms with van der Waals surface area (Å²) in [7, 11) is 0. The molecule has 0 aliphatic heterocycles. The van der Waals surface area contributed by atoms with Gasteiger partial charge in [-0.2, -0.15) is 0 Å². The van der Waals surface area contributed by atoms with Crippen molar-refractivity contribution in [1.29, 1.82) is 0 Å². The number of hydrogen-bond acceptors (Lipinski definition) is 2. The van der Waals surface area contributed by atoms with E-state index in [4.69, 9.17) is 17.3 Å². The van der Waals surface area contributed by atoms with Crippen molar-refractivity contribution in [3.8, 4) is 0 Å². The summed E-state index contributed by atoms with van der Waals surface area (Å²) in [6, 6.07) is 8.58. The first kappa shape index (κ1) is 13.7. The van der Waals surface area contributed by atoms with Gasteiger partial charge in [-0.3, -0.25) is 0 Å². The van der Waals surface area contributed by atoms with Gasteiger partial charge in [0.15, 0.2) is 0 Å². The summed E-state index contributed by atoms with van der Waals surface area (Å²) in [6.45, 7) is 4.26. The van der Waals surface area contributed by atoms with Crippen molar-refractivity contribution < 1.29 is 4.39 Å². The van der Waals surface area contributed by atoms with Gasteiger partial charge in [-0.1, -0.05) is 23.7 Å². The van der Waals surface area contributed by atoms with E-state index in [1.807, 2.05) is 26.0 Å². The van der Waals surface area contributed by atoms with Crippen LogP contribution in [0.2, 0.25) is 5.02 Å². The summed E-state index contributed by atoms with van der Waals surface area (Å²) in [5.41, 5.74) is 10.0. The van der Waals surface area contributed by atoms with Gasteiger partial charge in [0.1, 0.15) is 5.82 Å². The molecule has 0 amide bonds. The van der Waals surface area contributed by atoms with Crippen molar-refractivity contribution in [2.24, 2.45) is 0 Å². The lowest BCUT2D eigenvalue weighted by molar-refractivity contribution is 0.613. The summed E-state index contributed by atoms with van der Waals surface area (Å²) in [5, 5.41) is 3.57. The molecule has 2 aromatic rings. The molecule has 0 heterocycles. The Balaban J connectivity index is 2.24. The molecule has 0 bridgehead atoms. The van der Waals surface area contributed by atoms with E-state index >= 15 is 0 Å². The van der Waals surface area contributed by atoms with Crippen molar-refractivity contribution in [3.63, 3.8) is 0 Å². The zero-order valence-electron chi connectivity index (χ0n) is 10.9. The van der Waals surface area contributed by atoms with Crippen LogP contribution in [-0.2, 0) is 6.54 Å². The molecular formula is C15H16ClFN2. The highest BCUT2D eigenvalue weighted by atomic mass is 35.5. The predicted molar refractivity (Wildman–Crippen MR) is 79.1 cm³/mol. The van der Waals surface area contributed by atoms with Crippen molar-refractivity contribution in [2.45, 2.75) is 20.4 Å². The van der Waals surface area contributed by atoms with Gasteiger partial charge < -0.3 is 11.1 Å². The van der Waals surface area contributed by atoms with Crippen LogP contribution in [0.5, 0.6) is 0 Å². The lowest BCUT2D eigenvalue weighted by atomic mass is 10.1. The standard InChI is InChI=1S/C15H16ClFN2/c1-9-6-10(2)15(14(18)7-9)19-8-11-12(16)4-3-5-13(11)17/h3-7,19H,8,18H2,1-2H3. The van der Waals surface area contributed by atoms with Crippen LogP contribution in [0.15, 0.2) is 30.3 Å². The molecule has 0 aliphatic rings. The molecule has 2 nitrogen and oxygen atoms in total. The Kier molecular flexibility index (Phi) is 3.96. The van der Waals surface area contributed by atoms with Gasteiger partial charge in [-0.15, -0.1) is 0 Å². The first-order valence-electron chi connectivity index (χ1n) is 6.02. The minimum atomic E-state index is -0.316. The van der Waals surface area contributed by atoms with Gasteiger partial charge in [-0.25, -0.2) is 4.39 Å². The molecule has 0 radical (unpaired) electrons. The lowest BCUT2D eigenvalue weighted by Gasteiger charge is -2.14. The largest absolute Gasteiger partial charge is 0.397 e. The Morgan fingerprint density at radius 1 is 1.26 bits per heavy atom. The second-order valence-electron chi connectivity index (χ2n) is 4.60. The summed E-state index contributed by atoms with van der Waals surface area (Å²) in [6.07, 6.45) is 0. The van der Waals surface area contributed by atoms with Crippen molar-refractivity contribution in [1.82, 2.24) is 0 Å². The monoisotopic (exact) mass is 278 g/mol. The number of anilines is 2. The number of halogens is 2. The SMILES string of the molecule is Cc1cc(C)c(NCc2c(F)cccc2Cl)c(N)c1. The van der Waals surface area contributed by atoms with E-state index in [2.05, 4.69) is 5.32 Å². The van der Waals surface area contributed by atoms with E-state index in [0.29, 0.717) is 22.8 Å². The molecule has 0 atom stereocenters. The van der Waals surface area contributed by atoms with E-state index in [9.17, 15) is 4.39 Å². The molecule has 0 aliphatic carbocycles. The topological polar surface area (TPSA) is 38.0 Å². The number of rotatable bonds is 3. The molecule has 0 fully saturated rings. The molecule has 0 spiro atoms. The summed E-state index contributed by atoms with van der Waals surface area (Å²) in [5.74, 6) is -0.316. The highest BCUT2D eigenvalue weighted by Gasteiger charge is 2.09. The normalized spacial score (nSPS) is 10.5. The van der Waals surface area contributed by atoms with E-state index in [-0.39, 0.29) is 5.82 Å². The maximum Gasteiger partial charge on any atom is 0.129 e. The fourth-order valence-corrected chi connectivity index (χ4v) is 2.35. The predicted octanol–water partition coefficient (Wildman–Crippen LogP) is 4.29. The van der Waals surface area contributed by atoms with E-state index in [1.54, 1.807) is 12.1 Å². The zero-order valence-corrected chi connectivity index (χ0v) is 11.7. The number of aryl methyl sites for hydroxylation is 2. The fourth-order valence-electron chi connectivity index (χ4n) is 2.12. The third kappa shape index (κ3) is 2.99. The highest BCUT2D eigenvalue weighted by Crippen LogP contribution is 2.27. The summed E-state index contributed by atoms with van der Waals surface area (Å²) >= 11 is 5.99. The van der Waals surface area contributed by atoms with E-state index in [0.717, 1.165) is 16.8 Å². The molecule has 100 valence electrons. The number of nitrogens with one attached hydrogen (secondary N) is 1. The highest BCUT2D eigenvalue weighted by molar-refractivity contribution is 6.31. The van der Waals surface area contributed by atoms with Gasteiger partial charge in [0, 0.05) is 17.1 Å². The Hall–Kier alpha value is -1.74. The van der Waals surface area contributed by atoms with Crippen LogP contribution in [-0.4, -0.2) is 0 Å². The molecule has 0 saturated heterocycles. The Bertz CT molecular complexity index is 568. The number of benzene rings is 2. The molecule has 0 saturated carbocycles. The van der Waals surface area contributed by atoms with Crippen LogP contribution in [0.25, 0.3) is 0 Å². The molecule has 4 heteroatoms. The molecule has 0 unspecified atom stereocenters. The smallest absolute Gasteiger partial charge is 0.129 e. The van der Waals surface area contributed by atoms with Crippen LogP contribution in [0, 0.1) is 19.7 Å². The second-order valence-corrected chi connectivity index (χ2v) is 5.01. The Labute approximate surface area is 117 Å². The van der Waals surface area contributed by atoms with Crippen LogP contribution < -0.4 is 11.1 Å². The molecule has 2 rings (SSSR count). The average molecular weight is 279 g/mol. The lowest BCUT2D eigenvalue weighted by Crippen LogP contribution is -2.06. The average Bonchev–Trinajstić information content (AvgIpc) is 2.31. The van der Waals surface area contributed by atoms with Crippen LogP contribution in [0.3, 0.4) is 0 Å².